The van der Waals surface area contributed by atoms with E-state index in [2.05, 4.69) is 47.7 Å². The summed E-state index contributed by atoms with van der Waals surface area (Å²) in [6, 6.07) is 8.28. The Morgan fingerprint density at radius 3 is 2.50 bits per heavy atom. The number of amides is 1. The fourth-order valence-corrected chi connectivity index (χ4v) is 3.38. The molecule has 0 aromatic heterocycles. The number of nitrogens with zero attached hydrogens (tertiary/aromatic N) is 1. The molecule has 0 spiro atoms. The first-order chi connectivity index (χ1) is 11.4. The van der Waals surface area contributed by atoms with Gasteiger partial charge >= 0.3 is 0 Å². The highest BCUT2D eigenvalue weighted by Gasteiger charge is 2.06. The lowest BCUT2D eigenvalue weighted by atomic mass is 10.2. The summed E-state index contributed by atoms with van der Waals surface area (Å²) < 4.78 is 1.03. The molecule has 0 radical (unpaired) electrons. The Hall–Kier alpha value is -1.28. The van der Waals surface area contributed by atoms with Crippen LogP contribution in [0.4, 0.5) is 5.69 Å². The molecule has 9 heteroatoms. The molecule has 0 atom stereocenters. The topological polar surface area (TPSA) is 73.7 Å². The van der Waals surface area contributed by atoms with Gasteiger partial charge < -0.3 is 10.4 Å². The number of hydrogen-bond acceptors (Lipinski definition) is 4. The number of carbonyl (C=O) groups is 1. The molecule has 0 unspecified atom stereocenters. The zero-order chi connectivity index (χ0) is 17.7. The van der Waals surface area contributed by atoms with Gasteiger partial charge in [-0.05, 0) is 67.8 Å². The molecule has 3 N–H and O–H groups in total. The quantitative estimate of drug-likeness (QED) is 0.412. The molecule has 24 heavy (non-hydrogen) atoms. The molecule has 0 heterocycles. The zero-order valence-corrected chi connectivity index (χ0v) is 16.7. The fraction of sp³-hybridized carbons (Fsp3) is 0.0667. The third-order valence-electron chi connectivity index (χ3n) is 2.81. The molecule has 0 saturated heterocycles. The number of phenolic OH excluding ortho intramolecular Hbond substituents is 1. The van der Waals surface area contributed by atoms with Crippen LogP contribution in [0.3, 0.4) is 0 Å². The summed E-state index contributed by atoms with van der Waals surface area (Å²) in [6.07, 6.45) is 1.46. The molecule has 5 nitrogen and oxygen atoms in total. The van der Waals surface area contributed by atoms with Crippen molar-refractivity contribution in [2.75, 3.05) is 11.9 Å². The summed E-state index contributed by atoms with van der Waals surface area (Å²) in [5.74, 6) is -0.241. The van der Waals surface area contributed by atoms with E-state index in [0.717, 1.165) is 0 Å². The van der Waals surface area contributed by atoms with Crippen LogP contribution in [0.2, 0.25) is 10.0 Å². The van der Waals surface area contributed by atoms with E-state index in [1.165, 1.54) is 6.21 Å². The Morgan fingerprint density at radius 2 is 1.88 bits per heavy atom. The van der Waals surface area contributed by atoms with E-state index in [-0.39, 0.29) is 18.2 Å². The van der Waals surface area contributed by atoms with Gasteiger partial charge in [0.15, 0.2) is 0 Å². The van der Waals surface area contributed by atoms with Crippen molar-refractivity contribution < 1.29 is 9.90 Å². The van der Waals surface area contributed by atoms with Gasteiger partial charge in [-0.1, -0.05) is 23.2 Å². The standard InChI is InChI=1S/C15H11Br2Cl2N3O2/c16-10-3-8(4-11(17)15(10)24)6-21-22-14(23)7-20-13-2-1-9(18)5-12(13)19/h1-6,20,24H,7H2,(H,22,23)/b21-6+. The third kappa shape index (κ3) is 5.37. The van der Waals surface area contributed by atoms with Gasteiger partial charge in [0.1, 0.15) is 5.75 Å². The van der Waals surface area contributed by atoms with Gasteiger partial charge in [-0.2, -0.15) is 5.10 Å². The third-order valence-corrected chi connectivity index (χ3v) is 4.57. The second kappa shape index (κ2) is 8.71. The number of phenols is 1. The summed E-state index contributed by atoms with van der Waals surface area (Å²) in [5.41, 5.74) is 3.69. The van der Waals surface area contributed by atoms with Gasteiger partial charge in [-0.15, -0.1) is 0 Å². The number of benzene rings is 2. The van der Waals surface area contributed by atoms with Gasteiger partial charge in [0.2, 0.25) is 0 Å². The van der Waals surface area contributed by atoms with Crippen LogP contribution in [0.15, 0.2) is 44.4 Å². The van der Waals surface area contributed by atoms with Crippen LogP contribution in [-0.2, 0) is 4.79 Å². The first-order valence-electron chi connectivity index (χ1n) is 6.55. The molecule has 0 saturated carbocycles. The smallest absolute Gasteiger partial charge is 0.259 e. The van der Waals surface area contributed by atoms with Crippen molar-refractivity contribution in [1.29, 1.82) is 0 Å². The Labute approximate surface area is 165 Å². The lowest BCUT2D eigenvalue weighted by Gasteiger charge is -2.07. The molecule has 126 valence electrons. The summed E-state index contributed by atoms with van der Waals surface area (Å²) >= 11 is 18.2. The van der Waals surface area contributed by atoms with E-state index >= 15 is 0 Å². The van der Waals surface area contributed by atoms with Crippen LogP contribution in [0.1, 0.15) is 5.56 Å². The van der Waals surface area contributed by atoms with Crippen molar-refractivity contribution in [3.05, 3.63) is 54.9 Å². The number of nitrogens with one attached hydrogen (secondary N) is 2. The van der Waals surface area contributed by atoms with Crippen molar-refractivity contribution >= 4 is 72.9 Å². The minimum Gasteiger partial charge on any atom is -0.506 e. The number of hydrazone groups is 1. The Bertz CT molecular complexity index is 777. The predicted molar refractivity (Wildman–Crippen MR) is 104 cm³/mol. The van der Waals surface area contributed by atoms with Crippen molar-refractivity contribution in [3.8, 4) is 5.75 Å². The number of aromatic hydroxyl groups is 1. The number of carbonyl (C=O) groups excluding carboxylic acids is 1. The Kier molecular flexibility index (Phi) is 6.91. The number of anilines is 1. The van der Waals surface area contributed by atoms with Crippen molar-refractivity contribution in [2.24, 2.45) is 5.10 Å². The SMILES string of the molecule is O=C(CNc1ccc(Cl)cc1Cl)N/N=C/c1cc(Br)c(O)c(Br)c1. The number of halogens is 4. The monoisotopic (exact) mass is 493 g/mol. The largest absolute Gasteiger partial charge is 0.506 e. The van der Waals surface area contributed by atoms with Gasteiger partial charge in [0, 0.05) is 5.02 Å². The zero-order valence-electron chi connectivity index (χ0n) is 12.0. The van der Waals surface area contributed by atoms with Crippen LogP contribution in [0.25, 0.3) is 0 Å². The van der Waals surface area contributed by atoms with Gasteiger partial charge in [-0.25, -0.2) is 5.43 Å². The maximum absolute atomic E-state index is 11.8. The Morgan fingerprint density at radius 1 is 1.21 bits per heavy atom. The highest BCUT2D eigenvalue weighted by molar-refractivity contribution is 9.11. The molecule has 2 aromatic carbocycles. The second-order valence-corrected chi connectivity index (χ2v) is 7.16. The minimum atomic E-state index is -0.339. The van der Waals surface area contributed by atoms with Gasteiger partial charge in [0.05, 0.1) is 32.4 Å². The average Bonchev–Trinajstić information content (AvgIpc) is 2.51. The first kappa shape index (κ1) is 19.1. The van der Waals surface area contributed by atoms with E-state index in [9.17, 15) is 9.90 Å². The molecule has 2 aromatic rings. The van der Waals surface area contributed by atoms with E-state index in [1.807, 2.05) is 0 Å². The lowest BCUT2D eigenvalue weighted by molar-refractivity contribution is -0.119. The molecule has 0 fully saturated rings. The molecular weight excluding hydrogens is 485 g/mol. The normalized spacial score (nSPS) is 10.8. The van der Waals surface area contributed by atoms with E-state index in [0.29, 0.717) is 30.2 Å². The summed E-state index contributed by atoms with van der Waals surface area (Å²) in [7, 11) is 0. The molecule has 0 aliphatic rings. The fourth-order valence-electron chi connectivity index (χ4n) is 1.69. The summed E-state index contributed by atoms with van der Waals surface area (Å²) in [6.45, 7) is 0.00165. The molecule has 0 aliphatic carbocycles. The molecule has 0 aliphatic heterocycles. The summed E-state index contributed by atoms with van der Waals surface area (Å²) in [4.78, 5) is 11.8. The first-order valence-corrected chi connectivity index (χ1v) is 8.90. The predicted octanol–water partition coefficient (Wildman–Crippen LogP) is 4.79. The van der Waals surface area contributed by atoms with Crippen LogP contribution in [0.5, 0.6) is 5.75 Å². The molecule has 1 amide bonds. The lowest BCUT2D eigenvalue weighted by Crippen LogP contribution is -2.25. The van der Waals surface area contributed by atoms with E-state index < -0.39 is 0 Å². The van der Waals surface area contributed by atoms with Crippen LogP contribution < -0.4 is 10.7 Å². The van der Waals surface area contributed by atoms with Crippen molar-refractivity contribution in [1.82, 2.24) is 5.43 Å². The number of rotatable bonds is 5. The molecule has 2 rings (SSSR count). The molecular formula is C15H11Br2Cl2N3O2. The van der Waals surface area contributed by atoms with Crippen LogP contribution in [0, 0.1) is 0 Å². The van der Waals surface area contributed by atoms with Crippen molar-refractivity contribution in [2.45, 2.75) is 0 Å². The number of hydrogen-bond donors (Lipinski definition) is 3. The van der Waals surface area contributed by atoms with E-state index in [4.69, 9.17) is 23.2 Å². The highest BCUT2D eigenvalue weighted by atomic mass is 79.9. The Balaban J connectivity index is 1.89. The van der Waals surface area contributed by atoms with Crippen LogP contribution in [-0.4, -0.2) is 23.8 Å². The van der Waals surface area contributed by atoms with E-state index in [1.54, 1.807) is 30.3 Å². The summed E-state index contributed by atoms with van der Waals surface area (Å²) in [5, 5.41) is 17.3. The van der Waals surface area contributed by atoms with Crippen molar-refractivity contribution in [3.63, 3.8) is 0 Å². The highest BCUT2D eigenvalue weighted by Crippen LogP contribution is 2.32. The van der Waals surface area contributed by atoms with Crippen LogP contribution >= 0.6 is 55.1 Å². The van der Waals surface area contributed by atoms with Gasteiger partial charge in [0.25, 0.3) is 5.91 Å². The average molecular weight is 496 g/mol. The second-order valence-electron chi connectivity index (χ2n) is 4.60. The molecule has 0 bridgehead atoms. The van der Waals surface area contributed by atoms with Gasteiger partial charge in [-0.3, -0.25) is 4.79 Å². The minimum absolute atomic E-state index is 0.00165. The maximum atomic E-state index is 11.8. The maximum Gasteiger partial charge on any atom is 0.259 e.